The number of Topliss-reactive ketones (excluding diaryl/α,β-unsaturated/α-hetero) is 2. The van der Waals surface area contributed by atoms with Gasteiger partial charge in [0.25, 0.3) is 0 Å². The van der Waals surface area contributed by atoms with Crippen molar-refractivity contribution in [2.24, 2.45) is 0 Å². The van der Waals surface area contributed by atoms with Crippen LogP contribution >= 0.6 is 0 Å². The smallest absolute Gasteiger partial charge is 0.191 e. The fourth-order valence-corrected chi connectivity index (χ4v) is 6.69. The van der Waals surface area contributed by atoms with E-state index in [1.807, 2.05) is 84.9 Å². The van der Waals surface area contributed by atoms with Crippen molar-refractivity contribution in [1.82, 2.24) is 0 Å². The van der Waals surface area contributed by atoms with Crippen LogP contribution in [-0.4, -0.2) is 11.6 Å². The molecule has 0 atom stereocenters. The molecule has 0 amide bonds. The highest BCUT2D eigenvalue weighted by Crippen LogP contribution is 2.62. The molecule has 39 heavy (non-hydrogen) atoms. The van der Waals surface area contributed by atoms with Crippen molar-refractivity contribution in [3.05, 3.63) is 189 Å². The van der Waals surface area contributed by atoms with Crippen LogP contribution in [0.25, 0.3) is 0 Å². The Bertz CT molecular complexity index is 1730. The summed E-state index contributed by atoms with van der Waals surface area (Å²) >= 11 is 0. The number of hydrogen-bond donors (Lipinski definition) is 0. The molecule has 0 fully saturated rings. The van der Waals surface area contributed by atoms with Crippen molar-refractivity contribution in [3.8, 4) is 0 Å². The summed E-state index contributed by atoms with van der Waals surface area (Å²) in [6.45, 7) is 2.07. The summed E-state index contributed by atoms with van der Waals surface area (Å²) in [7, 11) is 0. The van der Waals surface area contributed by atoms with Gasteiger partial charge in [0, 0.05) is 28.2 Å². The van der Waals surface area contributed by atoms with Crippen molar-refractivity contribution in [3.63, 3.8) is 0 Å². The van der Waals surface area contributed by atoms with Gasteiger partial charge >= 0.3 is 0 Å². The number of rotatable bonds is 5. The van der Waals surface area contributed by atoms with Crippen molar-refractivity contribution >= 4 is 11.6 Å². The molecule has 0 unspecified atom stereocenters. The lowest BCUT2D eigenvalue weighted by Crippen LogP contribution is -2.47. The van der Waals surface area contributed by atoms with Crippen LogP contribution in [0.15, 0.2) is 145 Å². The molecule has 0 saturated heterocycles. The van der Waals surface area contributed by atoms with Gasteiger partial charge in [-0.2, -0.15) is 0 Å². The second-order valence-corrected chi connectivity index (χ2v) is 10.4. The lowest BCUT2D eigenvalue weighted by Gasteiger charge is -2.51. The highest BCUT2D eigenvalue weighted by Gasteiger charge is 2.57. The van der Waals surface area contributed by atoms with E-state index in [0.717, 1.165) is 33.4 Å². The van der Waals surface area contributed by atoms with Crippen LogP contribution in [0, 0.1) is 6.92 Å². The quantitative estimate of drug-likeness (QED) is 0.229. The van der Waals surface area contributed by atoms with Crippen LogP contribution < -0.4 is 0 Å². The lowest BCUT2D eigenvalue weighted by atomic mass is 9.49. The number of benzene rings is 5. The van der Waals surface area contributed by atoms with Gasteiger partial charge in [0.2, 0.25) is 0 Å². The maximum Gasteiger partial charge on any atom is 0.191 e. The third-order valence-electron chi connectivity index (χ3n) is 8.31. The number of carbonyl (C=O) groups excluding carboxylic acids is 2. The normalized spacial score (nSPS) is 18.8. The molecule has 0 spiro atoms. The monoisotopic (exact) mass is 502 g/mol. The molecule has 3 aliphatic rings. The summed E-state index contributed by atoms with van der Waals surface area (Å²) in [5.74, 6) is -0.537. The molecule has 5 aromatic carbocycles. The minimum Gasteiger partial charge on any atom is -0.289 e. The lowest BCUT2D eigenvalue weighted by molar-refractivity contribution is 0.0982. The summed E-state index contributed by atoms with van der Waals surface area (Å²) in [6.07, 6.45) is 0. The molecule has 2 bridgehead atoms. The molecule has 0 radical (unpaired) electrons. The zero-order valence-electron chi connectivity index (χ0n) is 21.6. The average Bonchev–Trinajstić information content (AvgIpc) is 3.01. The summed E-state index contributed by atoms with van der Waals surface area (Å²) in [4.78, 5) is 29.4. The van der Waals surface area contributed by atoms with E-state index in [1.165, 1.54) is 0 Å². The van der Waals surface area contributed by atoms with E-state index in [4.69, 9.17) is 0 Å². The topological polar surface area (TPSA) is 34.1 Å². The summed E-state index contributed by atoms with van der Waals surface area (Å²) < 4.78 is 0. The van der Waals surface area contributed by atoms with Crippen LogP contribution in [0.3, 0.4) is 0 Å². The molecule has 0 aliphatic heterocycles. The number of aryl methyl sites for hydroxylation is 1. The van der Waals surface area contributed by atoms with E-state index in [9.17, 15) is 9.59 Å². The van der Waals surface area contributed by atoms with Gasteiger partial charge in [-0.25, -0.2) is 0 Å². The Kier molecular flexibility index (Phi) is 5.31. The van der Waals surface area contributed by atoms with Crippen molar-refractivity contribution in [2.75, 3.05) is 0 Å². The maximum atomic E-state index is 14.8. The minimum absolute atomic E-state index is 0.0969. The fourth-order valence-electron chi connectivity index (χ4n) is 6.69. The summed E-state index contributed by atoms with van der Waals surface area (Å²) in [5, 5.41) is 0. The molecule has 3 aliphatic carbocycles. The molecule has 0 aromatic heterocycles. The molecule has 186 valence electrons. The van der Waals surface area contributed by atoms with Crippen LogP contribution in [0.4, 0.5) is 0 Å². The van der Waals surface area contributed by atoms with Crippen molar-refractivity contribution in [2.45, 2.75) is 18.3 Å². The molecular formula is C37H26O2. The molecule has 2 heteroatoms. The molecule has 0 N–H and O–H groups in total. The van der Waals surface area contributed by atoms with Crippen LogP contribution in [-0.2, 0) is 5.41 Å². The maximum absolute atomic E-state index is 14.8. The fraction of sp³-hybridized carbons (Fsp3) is 0.0811. The first kappa shape index (κ1) is 23.3. The number of hydrogen-bond acceptors (Lipinski definition) is 2. The first-order valence-electron chi connectivity index (χ1n) is 13.3. The van der Waals surface area contributed by atoms with Crippen molar-refractivity contribution < 1.29 is 9.59 Å². The van der Waals surface area contributed by atoms with E-state index in [-0.39, 0.29) is 17.5 Å². The predicted molar refractivity (Wildman–Crippen MR) is 154 cm³/mol. The Morgan fingerprint density at radius 1 is 0.538 bits per heavy atom. The van der Waals surface area contributed by atoms with E-state index >= 15 is 0 Å². The van der Waals surface area contributed by atoms with Crippen LogP contribution in [0.2, 0.25) is 0 Å². The third-order valence-corrected chi connectivity index (χ3v) is 8.31. The Balaban J connectivity index is 1.67. The number of ketones is 2. The van der Waals surface area contributed by atoms with E-state index < -0.39 is 5.41 Å². The summed E-state index contributed by atoms with van der Waals surface area (Å²) in [5.41, 5.74) is 7.83. The Morgan fingerprint density at radius 3 is 1.54 bits per heavy atom. The standard InChI is InChI=1S/C37H26O2/c1-24-20-22-27(23-21-24)37-30-18-10-8-16-28(30)32(29-17-9-11-19-31(29)37)33(35(38)25-12-4-2-5-13-25)34(37)36(39)26-14-6-3-7-15-26/h2-23,32H,1H3. The largest absolute Gasteiger partial charge is 0.289 e. The SMILES string of the molecule is Cc1ccc(C23C(C(=O)c4ccccc4)=C(C(=O)c4ccccc4)C(c4ccccc42)c2ccccc23)cc1. The number of allylic oxidation sites excluding steroid dienone is 2. The summed E-state index contributed by atoms with van der Waals surface area (Å²) in [6, 6.07) is 43.9. The average molecular weight is 503 g/mol. The predicted octanol–water partition coefficient (Wildman–Crippen LogP) is 7.85. The first-order chi connectivity index (χ1) is 19.1. The van der Waals surface area contributed by atoms with Crippen LogP contribution in [0.5, 0.6) is 0 Å². The molecule has 0 saturated carbocycles. The number of carbonyl (C=O) groups is 2. The highest BCUT2D eigenvalue weighted by atomic mass is 16.1. The van der Waals surface area contributed by atoms with E-state index in [2.05, 4.69) is 55.5 Å². The van der Waals surface area contributed by atoms with Gasteiger partial charge in [0.05, 0.1) is 5.41 Å². The minimum atomic E-state index is -0.928. The third kappa shape index (κ3) is 3.28. The molecule has 2 nitrogen and oxygen atoms in total. The molecule has 5 aromatic rings. The van der Waals surface area contributed by atoms with Crippen molar-refractivity contribution in [1.29, 1.82) is 0 Å². The van der Waals surface area contributed by atoms with E-state index in [1.54, 1.807) is 0 Å². The zero-order valence-corrected chi connectivity index (χ0v) is 21.6. The zero-order chi connectivity index (χ0) is 26.6. The van der Waals surface area contributed by atoms with E-state index in [0.29, 0.717) is 22.3 Å². The highest BCUT2D eigenvalue weighted by molar-refractivity contribution is 6.22. The molecule has 0 heterocycles. The Labute approximate surface area is 228 Å². The van der Waals surface area contributed by atoms with Gasteiger partial charge in [-0.15, -0.1) is 0 Å². The van der Waals surface area contributed by atoms with Crippen LogP contribution in [0.1, 0.15) is 60.0 Å². The molecule has 8 rings (SSSR count). The van der Waals surface area contributed by atoms with Gasteiger partial charge in [0.15, 0.2) is 11.6 Å². The second-order valence-electron chi connectivity index (χ2n) is 10.4. The van der Waals surface area contributed by atoms with Gasteiger partial charge in [-0.1, -0.05) is 139 Å². The molecular weight excluding hydrogens is 476 g/mol. The van der Waals surface area contributed by atoms with Gasteiger partial charge in [0.1, 0.15) is 0 Å². The second kappa shape index (κ2) is 8.89. The van der Waals surface area contributed by atoms with Gasteiger partial charge in [-0.3, -0.25) is 9.59 Å². The van der Waals surface area contributed by atoms with Gasteiger partial charge < -0.3 is 0 Å². The van der Waals surface area contributed by atoms with Gasteiger partial charge in [-0.05, 0) is 34.7 Å². The Morgan fingerprint density at radius 2 is 1.00 bits per heavy atom. The Hall–Kier alpha value is -4.82. The first-order valence-corrected chi connectivity index (χ1v) is 13.3.